The second kappa shape index (κ2) is 3.14. The SMILES string of the molecule is CC1CCCN1CC1CCC1. The van der Waals surface area contributed by atoms with Gasteiger partial charge in [-0.05, 0) is 45.1 Å². The maximum absolute atomic E-state index is 2.68. The minimum atomic E-state index is 0.885. The van der Waals surface area contributed by atoms with Gasteiger partial charge in [0.2, 0.25) is 0 Å². The Kier molecular flexibility index (Phi) is 2.17. The Morgan fingerprint density at radius 3 is 2.45 bits per heavy atom. The topological polar surface area (TPSA) is 3.24 Å². The summed E-state index contributed by atoms with van der Waals surface area (Å²) >= 11 is 0. The summed E-state index contributed by atoms with van der Waals surface area (Å²) in [4.78, 5) is 2.68. The van der Waals surface area contributed by atoms with Gasteiger partial charge in [-0.25, -0.2) is 0 Å². The van der Waals surface area contributed by atoms with Gasteiger partial charge in [0.15, 0.2) is 0 Å². The average Bonchev–Trinajstić information content (AvgIpc) is 2.27. The molecule has 1 nitrogen and oxygen atoms in total. The molecular weight excluding hydrogens is 134 g/mol. The van der Waals surface area contributed by atoms with Crippen molar-refractivity contribution in [3.8, 4) is 0 Å². The van der Waals surface area contributed by atoms with Crippen LogP contribution >= 0.6 is 0 Å². The van der Waals surface area contributed by atoms with Gasteiger partial charge in [-0.1, -0.05) is 6.42 Å². The van der Waals surface area contributed by atoms with E-state index in [1.807, 2.05) is 0 Å². The molecule has 1 saturated carbocycles. The number of nitrogens with zero attached hydrogens (tertiary/aromatic N) is 1. The van der Waals surface area contributed by atoms with Crippen LogP contribution in [0.5, 0.6) is 0 Å². The molecule has 0 aromatic rings. The standard InChI is InChI=1S/C10H19N/c1-9-4-3-7-11(9)8-10-5-2-6-10/h9-10H,2-8H2,1H3. The molecule has 1 saturated heterocycles. The van der Waals surface area contributed by atoms with E-state index in [1.165, 1.54) is 45.2 Å². The third-order valence-corrected chi connectivity index (χ3v) is 3.41. The molecule has 0 amide bonds. The van der Waals surface area contributed by atoms with Gasteiger partial charge in [-0.15, -0.1) is 0 Å². The lowest BCUT2D eigenvalue weighted by molar-refractivity contribution is 0.173. The van der Waals surface area contributed by atoms with E-state index in [0.717, 1.165) is 12.0 Å². The summed E-state index contributed by atoms with van der Waals surface area (Å²) in [5.41, 5.74) is 0. The van der Waals surface area contributed by atoms with Crippen LogP contribution in [0, 0.1) is 5.92 Å². The Bertz CT molecular complexity index is 129. The van der Waals surface area contributed by atoms with Gasteiger partial charge < -0.3 is 4.90 Å². The molecule has 1 atom stereocenters. The van der Waals surface area contributed by atoms with Crippen molar-refractivity contribution < 1.29 is 0 Å². The van der Waals surface area contributed by atoms with Gasteiger partial charge in [0.1, 0.15) is 0 Å². The molecule has 1 heteroatoms. The normalized spacial score (nSPS) is 34.1. The maximum atomic E-state index is 2.68. The Morgan fingerprint density at radius 2 is 2.00 bits per heavy atom. The Morgan fingerprint density at radius 1 is 1.18 bits per heavy atom. The molecule has 0 spiro atoms. The first-order valence-electron chi connectivity index (χ1n) is 5.10. The highest BCUT2D eigenvalue weighted by Gasteiger charge is 2.25. The Hall–Kier alpha value is -0.0400. The molecular formula is C10H19N. The van der Waals surface area contributed by atoms with Gasteiger partial charge in [0.05, 0.1) is 0 Å². The summed E-state index contributed by atoms with van der Waals surface area (Å²) in [5.74, 6) is 1.07. The van der Waals surface area contributed by atoms with Crippen molar-refractivity contribution in [2.24, 2.45) is 5.92 Å². The van der Waals surface area contributed by atoms with Gasteiger partial charge in [0.25, 0.3) is 0 Å². The lowest BCUT2D eigenvalue weighted by Gasteiger charge is -2.32. The summed E-state index contributed by atoms with van der Waals surface area (Å²) in [7, 11) is 0. The fourth-order valence-corrected chi connectivity index (χ4v) is 2.27. The zero-order chi connectivity index (χ0) is 7.68. The fraction of sp³-hybridized carbons (Fsp3) is 1.00. The number of rotatable bonds is 2. The van der Waals surface area contributed by atoms with Crippen molar-refractivity contribution in [3.05, 3.63) is 0 Å². The molecule has 11 heavy (non-hydrogen) atoms. The van der Waals surface area contributed by atoms with Crippen molar-refractivity contribution in [2.75, 3.05) is 13.1 Å². The second-order valence-electron chi connectivity index (χ2n) is 4.28. The molecule has 0 radical (unpaired) electrons. The quantitative estimate of drug-likeness (QED) is 0.588. The maximum Gasteiger partial charge on any atom is 0.00675 e. The first kappa shape index (κ1) is 7.60. The number of hydrogen-bond acceptors (Lipinski definition) is 1. The molecule has 0 aromatic heterocycles. The zero-order valence-electron chi connectivity index (χ0n) is 7.55. The van der Waals surface area contributed by atoms with E-state index in [9.17, 15) is 0 Å². The summed E-state index contributed by atoms with van der Waals surface area (Å²) in [5, 5.41) is 0. The van der Waals surface area contributed by atoms with Crippen LogP contribution in [-0.4, -0.2) is 24.0 Å². The highest BCUT2D eigenvalue weighted by atomic mass is 15.2. The minimum Gasteiger partial charge on any atom is -0.300 e. The molecule has 1 aliphatic heterocycles. The number of hydrogen-bond donors (Lipinski definition) is 0. The zero-order valence-corrected chi connectivity index (χ0v) is 7.55. The van der Waals surface area contributed by atoms with Crippen molar-refractivity contribution in [3.63, 3.8) is 0 Å². The molecule has 2 aliphatic rings. The monoisotopic (exact) mass is 153 g/mol. The largest absolute Gasteiger partial charge is 0.300 e. The van der Waals surface area contributed by atoms with E-state index in [-0.39, 0.29) is 0 Å². The summed E-state index contributed by atoms with van der Waals surface area (Å²) in [6.45, 7) is 5.16. The lowest BCUT2D eigenvalue weighted by atomic mass is 9.85. The highest BCUT2D eigenvalue weighted by molar-refractivity contribution is 4.80. The molecule has 0 aromatic carbocycles. The van der Waals surface area contributed by atoms with E-state index in [4.69, 9.17) is 0 Å². The first-order valence-corrected chi connectivity index (χ1v) is 5.10. The minimum absolute atomic E-state index is 0.885. The van der Waals surface area contributed by atoms with Crippen LogP contribution in [0.2, 0.25) is 0 Å². The fourth-order valence-electron chi connectivity index (χ4n) is 2.27. The van der Waals surface area contributed by atoms with Crippen LogP contribution in [0.3, 0.4) is 0 Å². The molecule has 64 valence electrons. The van der Waals surface area contributed by atoms with Gasteiger partial charge in [-0.2, -0.15) is 0 Å². The van der Waals surface area contributed by atoms with Crippen molar-refractivity contribution in [2.45, 2.75) is 45.1 Å². The predicted octanol–water partition coefficient (Wildman–Crippen LogP) is 2.27. The van der Waals surface area contributed by atoms with E-state index in [0.29, 0.717) is 0 Å². The van der Waals surface area contributed by atoms with E-state index < -0.39 is 0 Å². The van der Waals surface area contributed by atoms with Crippen LogP contribution in [0.4, 0.5) is 0 Å². The molecule has 0 bridgehead atoms. The van der Waals surface area contributed by atoms with Crippen molar-refractivity contribution in [1.29, 1.82) is 0 Å². The smallest absolute Gasteiger partial charge is 0.00675 e. The summed E-state index contributed by atoms with van der Waals surface area (Å²) in [6.07, 6.45) is 7.37. The summed E-state index contributed by atoms with van der Waals surface area (Å²) < 4.78 is 0. The number of likely N-dealkylation sites (tertiary alicyclic amines) is 1. The van der Waals surface area contributed by atoms with Crippen molar-refractivity contribution in [1.82, 2.24) is 4.90 Å². The average molecular weight is 153 g/mol. The second-order valence-corrected chi connectivity index (χ2v) is 4.28. The third-order valence-electron chi connectivity index (χ3n) is 3.41. The molecule has 2 fully saturated rings. The molecule has 1 heterocycles. The lowest BCUT2D eigenvalue weighted by Crippen LogP contribution is -2.34. The van der Waals surface area contributed by atoms with E-state index in [2.05, 4.69) is 11.8 Å². The van der Waals surface area contributed by atoms with Crippen LogP contribution in [0.15, 0.2) is 0 Å². The Balaban J connectivity index is 1.75. The molecule has 1 unspecified atom stereocenters. The van der Waals surface area contributed by atoms with Gasteiger partial charge in [-0.3, -0.25) is 0 Å². The molecule has 2 rings (SSSR count). The van der Waals surface area contributed by atoms with Gasteiger partial charge >= 0.3 is 0 Å². The van der Waals surface area contributed by atoms with Gasteiger partial charge in [0, 0.05) is 12.6 Å². The third kappa shape index (κ3) is 1.58. The highest BCUT2D eigenvalue weighted by Crippen LogP contribution is 2.29. The van der Waals surface area contributed by atoms with Crippen molar-refractivity contribution >= 4 is 0 Å². The van der Waals surface area contributed by atoms with Crippen LogP contribution in [-0.2, 0) is 0 Å². The summed E-state index contributed by atoms with van der Waals surface area (Å²) in [6, 6.07) is 0.885. The first-order chi connectivity index (χ1) is 5.36. The van der Waals surface area contributed by atoms with Crippen LogP contribution in [0.1, 0.15) is 39.0 Å². The Labute approximate surface area is 69.8 Å². The molecule has 1 aliphatic carbocycles. The van der Waals surface area contributed by atoms with Crippen LogP contribution < -0.4 is 0 Å². The van der Waals surface area contributed by atoms with E-state index >= 15 is 0 Å². The van der Waals surface area contributed by atoms with Crippen LogP contribution in [0.25, 0.3) is 0 Å². The predicted molar refractivity (Wildman–Crippen MR) is 47.6 cm³/mol. The van der Waals surface area contributed by atoms with E-state index in [1.54, 1.807) is 0 Å². The molecule has 0 N–H and O–H groups in total.